The molecule has 0 spiro atoms. The molecule has 0 aromatic rings. The normalized spacial score (nSPS) is 19.6. The molecular weight excluding hydrogens is 210 g/mol. The number of unbranched alkanes of at least 4 members (excludes halogenated alkanes) is 1. The highest BCUT2D eigenvalue weighted by molar-refractivity contribution is 5.76. The van der Waals surface area contributed by atoms with Gasteiger partial charge < -0.3 is 15.2 Å². The van der Waals surface area contributed by atoms with E-state index in [1.165, 1.54) is 0 Å². The van der Waals surface area contributed by atoms with Gasteiger partial charge in [-0.25, -0.2) is 0 Å². The number of amides is 1. The molecule has 1 fully saturated rings. The molecule has 1 aliphatic rings. The molecule has 0 radical (unpaired) electrons. The Morgan fingerprint density at radius 2 is 2.19 bits per heavy atom. The molecule has 0 aromatic carbocycles. The fraction of sp³-hybridized carbons (Fsp3) is 0.818. The summed E-state index contributed by atoms with van der Waals surface area (Å²) in [7, 11) is 0. The van der Waals surface area contributed by atoms with Crippen molar-refractivity contribution < 1.29 is 19.4 Å². The Kier molecular flexibility index (Phi) is 5.85. The van der Waals surface area contributed by atoms with Crippen LogP contribution in [0.2, 0.25) is 0 Å². The number of ether oxygens (including phenoxy) is 1. The van der Waals surface area contributed by atoms with Crippen molar-refractivity contribution in [3.8, 4) is 0 Å². The Bertz CT molecular complexity index is 236. The minimum atomic E-state index is -0.786. The van der Waals surface area contributed by atoms with E-state index in [-0.39, 0.29) is 18.4 Å². The summed E-state index contributed by atoms with van der Waals surface area (Å²) < 4.78 is 5.34. The van der Waals surface area contributed by atoms with E-state index < -0.39 is 5.97 Å². The van der Waals surface area contributed by atoms with Crippen molar-refractivity contribution in [2.24, 2.45) is 0 Å². The SMILES string of the molecule is O=C(O)CCCCNC(=O)CC1CCCO1. The Labute approximate surface area is 95.2 Å². The molecule has 1 heterocycles. The van der Waals surface area contributed by atoms with Gasteiger partial charge in [0, 0.05) is 19.6 Å². The van der Waals surface area contributed by atoms with Gasteiger partial charge in [-0.05, 0) is 25.7 Å². The quantitative estimate of drug-likeness (QED) is 0.637. The molecule has 5 nitrogen and oxygen atoms in total. The molecule has 2 N–H and O–H groups in total. The second-order valence-corrected chi connectivity index (χ2v) is 4.04. The fourth-order valence-electron chi connectivity index (χ4n) is 1.71. The van der Waals surface area contributed by atoms with Gasteiger partial charge in [-0.2, -0.15) is 0 Å². The summed E-state index contributed by atoms with van der Waals surface area (Å²) in [6.07, 6.45) is 4.00. The van der Waals surface area contributed by atoms with Crippen molar-refractivity contribution >= 4 is 11.9 Å². The summed E-state index contributed by atoms with van der Waals surface area (Å²) in [4.78, 5) is 21.6. The average Bonchev–Trinajstić information content (AvgIpc) is 2.69. The third kappa shape index (κ3) is 5.70. The molecule has 1 rings (SSSR count). The number of carbonyl (C=O) groups excluding carboxylic acids is 1. The van der Waals surface area contributed by atoms with Crippen LogP contribution >= 0.6 is 0 Å². The van der Waals surface area contributed by atoms with Crippen molar-refractivity contribution in [2.45, 2.75) is 44.6 Å². The topological polar surface area (TPSA) is 75.6 Å². The first-order valence-corrected chi connectivity index (χ1v) is 5.78. The Morgan fingerprint density at radius 3 is 2.81 bits per heavy atom. The molecule has 92 valence electrons. The van der Waals surface area contributed by atoms with E-state index in [2.05, 4.69) is 5.32 Å². The molecule has 1 saturated heterocycles. The number of hydrogen-bond acceptors (Lipinski definition) is 3. The summed E-state index contributed by atoms with van der Waals surface area (Å²) in [5.74, 6) is -0.784. The molecule has 16 heavy (non-hydrogen) atoms. The maximum Gasteiger partial charge on any atom is 0.303 e. The van der Waals surface area contributed by atoms with Gasteiger partial charge in [0.1, 0.15) is 0 Å². The largest absolute Gasteiger partial charge is 0.481 e. The maximum atomic E-state index is 11.4. The molecule has 5 heteroatoms. The van der Waals surface area contributed by atoms with Gasteiger partial charge in [0.05, 0.1) is 12.5 Å². The third-order valence-electron chi connectivity index (χ3n) is 2.58. The van der Waals surface area contributed by atoms with Crippen LogP contribution in [0.4, 0.5) is 0 Å². The van der Waals surface area contributed by atoms with Crippen LogP contribution in [0.15, 0.2) is 0 Å². The highest BCUT2D eigenvalue weighted by Crippen LogP contribution is 2.14. The zero-order valence-electron chi connectivity index (χ0n) is 9.41. The minimum Gasteiger partial charge on any atom is -0.481 e. The predicted molar refractivity (Wildman–Crippen MR) is 58.1 cm³/mol. The van der Waals surface area contributed by atoms with Crippen molar-refractivity contribution in [2.75, 3.05) is 13.2 Å². The highest BCUT2D eigenvalue weighted by atomic mass is 16.5. The molecule has 1 aliphatic heterocycles. The number of aliphatic carboxylic acids is 1. The number of rotatable bonds is 7. The molecule has 0 bridgehead atoms. The number of carboxylic acid groups (broad SMARTS) is 1. The zero-order valence-corrected chi connectivity index (χ0v) is 9.41. The van der Waals surface area contributed by atoms with Gasteiger partial charge in [0.25, 0.3) is 0 Å². The standard InChI is InChI=1S/C11H19NO4/c13-10(8-9-4-3-7-16-9)12-6-2-1-5-11(14)15/h9H,1-8H2,(H,12,13)(H,14,15). The number of carboxylic acids is 1. The van der Waals surface area contributed by atoms with Crippen LogP contribution in [0, 0.1) is 0 Å². The van der Waals surface area contributed by atoms with Crippen LogP contribution < -0.4 is 5.32 Å². The molecule has 0 saturated carbocycles. The Balaban J connectivity index is 1.95. The lowest BCUT2D eigenvalue weighted by Crippen LogP contribution is -2.28. The summed E-state index contributed by atoms with van der Waals surface area (Å²) >= 11 is 0. The maximum absolute atomic E-state index is 11.4. The van der Waals surface area contributed by atoms with Gasteiger partial charge in [-0.15, -0.1) is 0 Å². The summed E-state index contributed by atoms with van der Waals surface area (Å²) in [6, 6.07) is 0. The van der Waals surface area contributed by atoms with E-state index in [1.54, 1.807) is 0 Å². The average molecular weight is 229 g/mol. The smallest absolute Gasteiger partial charge is 0.303 e. The molecule has 1 unspecified atom stereocenters. The Hall–Kier alpha value is -1.10. The van der Waals surface area contributed by atoms with Gasteiger partial charge in [0.15, 0.2) is 0 Å². The van der Waals surface area contributed by atoms with Crippen LogP contribution in [-0.2, 0) is 14.3 Å². The fourth-order valence-corrected chi connectivity index (χ4v) is 1.71. The van der Waals surface area contributed by atoms with E-state index in [0.29, 0.717) is 25.8 Å². The van der Waals surface area contributed by atoms with Crippen molar-refractivity contribution in [3.63, 3.8) is 0 Å². The third-order valence-corrected chi connectivity index (χ3v) is 2.58. The van der Waals surface area contributed by atoms with E-state index >= 15 is 0 Å². The first-order valence-electron chi connectivity index (χ1n) is 5.78. The van der Waals surface area contributed by atoms with E-state index in [4.69, 9.17) is 9.84 Å². The van der Waals surface area contributed by atoms with E-state index in [9.17, 15) is 9.59 Å². The first-order chi connectivity index (χ1) is 7.68. The lowest BCUT2D eigenvalue weighted by molar-refractivity contribution is -0.137. The van der Waals surface area contributed by atoms with Gasteiger partial charge >= 0.3 is 5.97 Å². The monoisotopic (exact) mass is 229 g/mol. The van der Waals surface area contributed by atoms with E-state index in [0.717, 1.165) is 19.4 Å². The van der Waals surface area contributed by atoms with Crippen LogP contribution in [0.5, 0.6) is 0 Å². The van der Waals surface area contributed by atoms with Crippen LogP contribution in [0.3, 0.4) is 0 Å². The lowest BCUT2D eigenvalue weighted by Gasteiger charge is -2.09. The molecule has 1 atom stereocenters. The second-order valence-electron chi connectivity index (χ2n) is 4.04. The van der Waals surface area contributed by atoms with Gasteiger partial charge in [-0.1, -0.05) is 0 Å². The molecular formula is C11H19NO4. The van der Waals surface area contributed by atoms with Crippen molar-refractivity contribution in [1.82, 2.24) is 5.32 Å². The van der Waals surface area contributed by atoms with Gasteiger partial charge in [-0.3, -0.25) is 9.59 Å². The van der Waals surface area contributed by atoms with Gasteiger partial charge in [0.2, 0.25) is 5.91 Å². The van der Waals surface area contributed by atoms with Crippen LogP contribution in [0.25, 0.3) is 0 Å². The Morgan fingerprint density at radius 1 is 1.38 bits per heavy atom. The minimum absolute atomic E-state index is 0.00206. The van der Waals surface area contributed by atoms with E-state index in [1.807, 2.05) is 0 Å². The highest BCUT2D eigenvalue weighted by Gasteiger charge is 2.18. The van der Waals surface area contributed by atoms with Crippen molar-refractivity contribution in [1.29, 1.82) is 0 Å². The number of nitrogens with one attached hydrogen (secondary N) is 1. The first kappa shape index (κ1) is 13.0. The second kappa shape index (κ2) is 7.22. The molecule has 0 aliphatic carbocycles. The zero-order chi connectivity index (χ0) is 11.8. The van der Waals surface area contributed by atoms with Crippen LogP contribution in [-0.4, -0.2) is 36.2 Å². The lowest BCUT2D eigenvalue weighted by atomic mass is 10.2. The van der Waals surface area contributed by atoms with Crippen LogP contribution in [0.1, 0.15) is 38.5 Å². The molecule has 0 aromatic heterocycles. The summed E-state index contributed by atoms with van der Waals surface area (Å²) in [5, 5.41) is 11.2. The number of hydrogen-bond donors (Lipinski definition) is 2. The molecule has 1 amide bonds. The predicted octanol–water partition coefficient (Wildman–Crippen LogP) is 0.927. The summed E-state index contributed by atoms with van der Waals surface area (Å²) in [6.45, 7) is 1.31. The van der Waals surface area contributed by atoms with Crippen molar-refractivity contribution in [3.05, 3.63) is 0 Å². The number of carbonyl (C=O) groups is 2. The summed E-state index contributed by atoms with van der Waals surface area (Å²) in [5.41, 5.74) is 0.